The molecule has 0 fully saturated rings. The van der Waals surface area contributed by atoms with Crippen molar-refractivity contribution >= 4 is 11.8 Å². The summed E-state index contributed by atoms with van der Waals surface area (Å²) < 4.78 is 1.59. The molecule has 2 rings (SSSR count). The molecule has 1 heterocycles. The fraction of sp³-hybridized carbons (Fsp3) is 0.267. The Morgan fingerprint density at radius 3 is 2.33 bits per heavy atom. The highest BCUT2D eigenvalue weighted by atomic mass is 16.2. The van der Waals surface area contributed by atoms with E-state index in [4.69, 9.17) is 0 Å². The first-order chi connectivity index (χ1) is 9.95. The van der Waals surface area contributed by atoms with E-state index < -0.39 is 0 Å². The fourth-order valence-electron chi connectivity index (χ4n) is 1.91. The van der Waals surface area contributed by atoms with Crippen LogP contribution in [0.5, 0.6) is 0 Å². The molecule has 0 saturated carbocycles. The van der Waals surface area contributed by atoms with Gasteiger partial charge in [-0.2, -0.15) is 5.10 Å². The quantitative estimate of drug-likeness (QED) is 0.834. The van der Waals surface area contributed by atoms with Crippen molar-refractivity contribution in [2.24, 2.45) is 0 Å². The molecular formula is C15H18N4O2. The van der Waals surface area contributed by atoms with Crippen LogP contribution in [-0.4, -0.2) is 21.6 Å². The predicted octanol–water partition coefficient (Wildman–Crippen LogP) is 1.27. The Balaban J connectivity index is 1.87. The molecule has 6 heteroatoms. The monoisotopic (exact) mass is 286 g/mol. The van der Waals surface area contributed by atoms with Gasteiger partial charge in [-0.15, -0.1) is 0 Å². The SMILES string of the molecule is Cc1ccc(C(=O)NNC(=O)Cn2nc(C)cc2C)cc1. The van der Waals surface area contributed by atoms with E-state index in [1.54, 1.807) is 16.8 Å². The van der Waals surface area contributed by atoms with Gasteiger partial charge in [-0.1, -0.05) is 17.7 Å². The Hall–Kier alpha value is -2.63. The Bertz CT molecular complexity index is 659. The number of hydrogen-bond donors (Lipinski definition) is 2. The number of rotatable bonds is 3. The zero-order valence-electron chi connectivity index (χ0n) is 12.3. The van der Waals surface area contributed by atoms with Crippen LogP contribution in [0.3, 0.4) is 0 Å². The second kappa shape index (κ2) is 6.21. The molecule has 6 nitrogen and oxygen atoms in total. The fourth-order valence-corrected chi connectivity index (χ4v) is 1.91. The minimum Gasteiger partial charge on any atom is -0.271 e. The molecule has 0 atom stereocenters. The molecule has 0 spiro atoms. The van der Waals surface area contributed by atoms with Crippen molar-refractivity contribution in [1.29, 1.82) is 0 Å². The van der Waals surface area contributed by atoms with E-state index >= 15 is 0 Å². The third-order valence-electron chi connectivity index (χ3n) is 3.03. The van der Waals surface area contributed by atoms with Crippen molar-refractivity contribution in [2.45, 2.75) is 27.3 Å². The number of benzene rings is 1. The van der Waals surface area contributed by atoms with Gasteiger partial charge < -0.3 is 0 Å². The van der Waals surface area contributed by atoms with Gasteiger partial charge in [0.15, 0.2) is 0 Å². The summed E-state index contributed by atoms with van der Waals surface area (Å²) in [6.45, 7) is 5.74. The van der Waals surface area contributed by atoms with Crippen molar-refractivity contribution < 1.29 is 9.59 Å². The second-order valence-electron chi connectivity index (χ2n) is 4.95. The van der Waals surface area contributed by atoms with Gasteiger partial charge in [0.25, 0.3) is 11.8 Å². The summed E-state index contributed by atoms with van der Waals surface area (Å²) in [5.74, 6) is -0.682. The minimum absolute atomic E-state index is 0.0633. The highest BCUT2D eigenvalue weighted by Crippen LogP contribution is 2.03. The van der Waals surface area contributed by atoms with E-state index in [0.717, 1.165) is 17.0 Å². The number of hydrazine groups is 1. The van der Waals surface area contributed by atoms with E-state index in [1.807, 2.05) is 39.0 Å². The second-order valence-corrected chi connectivity index (χ2v) is 4.95. The number of carbonyl (C=O) groups excluding carboxylic acids is 2. The standard InChI is InChI=1S/C15H18N4O2/c1-10-4-6-13(7-5-10)15(21)17-16-14(20)9-19-12(3)8-11(2)18-19/h4-8H,9H2,1-3H3,(H,16,20)(H,17,21). The van der Waals surface area contributed by atoms with E-state index in [9.17, 15) is 9.59 Å². The lowest BCUT2D eigenvalue weighted by atomic mass is 10.1. The number of nitrogens with zero attached hydrogens (tertiary/aromatic N) is 2. The average Bonchev–Trinajstić information content (AvgIpc) is 2.75. The van der Waals surface area contributed by atoms with Crippen LogP contribution in [0, 0.1) is 20.8 Å². The lowest BCUT2D eigenvalue weighted by Gasteiger charge is -2.08. The summed E-state index contributed by atoms with van der Waals surface area (Å²) in [6, 6.07) is 8.98. The summed E-state index contributed by atoms with van der Waals surface area (Å²) in [5.41, 5.74) is 8.08. The molecule has 21 heavy (non-hydrogen) atoms. The number of carbonyl (C=O) groups is 2. The third-order valence-corrected chi connectivity index (χ3v) is 3.03. The first-order valence-corrected chi connectivity index (χ1v) is 6.62. The van der Waals surface area contributed by atoms with Crippen LogP contribution in [0.2, 0.25) is 0 Å². The van der Waals surface area contributed by atoms with Crippen LogP contribution in [0.4, 0.5) is 0 Å². The molecule has 110 valence electrons. The zero-order valence-corrected chi connectivity index (χ0v) is 12.3. The van der Waals surface area contributed by atoms with Crippen LogP contribution in [0.25, 0.3) is 0 Å². The van der Waals surface area contributed by atoms with E-state index in [-0.39, 0.29) is 18.4 Å². The maximum atomic E-state index is 11.8. The van der Waals surface area contributed by atoms with Gasteiger partial charge in [0.2, 0.25) is 0 Å². The molecule has 1 aromatic carbocycles. The molecule has 1 aromatic heterocycles. The molecule has 0 radical (unpaired) electrons. The molecule has 0 aliphatic carbocycles. The molecule has 0 unspecified atom stereocenters. The molecule has 2 N–H and O–H groups in total. The van der Waals surface area contributed by atoms with Gasteiger partial charge in [0.05, 0.1) is 5.69 Å². The summed E-state index contributed by atoms with van der Waals surface area (Å²) >= 11 is 0. The van der Waals surface area contributed by atoms with Crippen LogP contribution in [-0.2, 0) is 11.3 Å². The summed E-state index contributed by atoms with van der Waals surface area (Å²) in [5, 5.41) is 4.19. The molecule has 0 aliphatic heterocycles. The van der Waals surface area contributed by atoms with Gasteiger partial charge in [-0.05, 0) is 39.0 Å². The van der Waals surface area contributed by atoms with Gasteiger partial charge in [0.1, 0.15) is 6.54 Å². The molecule has 0 saturated heterocycles. The van der Waals surface area contributed by atoms with Crippen LogP contribution in [0.1, 0.15) is 27.3 Å². The largest absolute Gasteiger partial charge is 0.271 e. The number of amides is 2. The highest BCUT2D eigenvalue weighted by Gasteiger charge is 2.09. The van der Waals surface area contributed by atoms with Gasteiger partial charge >= 0.3 is 0 Å². The zero-order chi connectivity index (χ0) is 15.4. The lowest BCUT2D eigenvalue weighted by Crippen LogP contribution is -2.43. The van der Waals surface area contributed by atoms with E-state index in [2.05, 4.69) is 16.0 Å². The van der Waals surface area contributed by atoms with Crippen LogP contribution in [0.15, 0.2) is 30.3 Å². The van der Waals surface area contributed by atoms with Gasteiger partial charge in [-0.3, -0.25) is 25.1 Å². The highest BCUT2D eigenvalue weighted by molar-refractivity contribution is 5.95. The van der Waals surface area contributed by atoms with E-state index in [0.29, 0.717) is 5.56 Å². The van der Waals surface area contributed by atoms with Crippen LogP contribution >= 0.6 is 0 Å². The van der Waals surface area contributed by atoms with Gasteiger partial charge in [0, 0.05) is 11.3 Å². The van der Waals surface area contributed by atoms with Crippen molar-refractivity contribution in [3.8, 4) is 0 Å². The van der Waals surface area contributed by atoms with E-state index in [1.165, 1.54) is 0 Å². The Morgan fingerprint density at radius 2 is 1.76 bits per heavy atom. The molecule has 2 amide bonds. The topological polar surface area (TPSA) is 76.0 Å². The molecule has 0 bridgehead atoms. The number of aromatic nitrogens is 2. The number of nitrogens with one attached hydrogen (secondary N) is 2. The normalized spacial score (nSPS) is 10.2. The smallest absolute Gasteiger partial charge is 0.269 e. The summed E-state index contributed by atoms with van der Waals surface area (Å²) in [6.07, 6.45) is 0. The van der Waals surface area contributed by atoms with Crippen LogP contribution < -0.4 is 10.9 Å². The first-order valence-electron chi connectivity index (χ1n) is 6.62. The maximum Gasteiger partial charge on any atom is 0.269 e. The van der Waals surface area contributed by atoms with Crippen molar-refractivity contribution in [1.82, 2.24) is 20.6 Å². The maximum absolute atomic E-state index is 11.8. The lowest BCUT2D eigenvalue weighted by molar-refractivity contribution is -0.122. The average molecular weight is 286 g/mol. The summed E-state index contributed by atoms with van der Waals surface area (Å²) in [7, 11) is 0. The summed E-state index contributed by atoms with van der Waals surface area (Å²) in [4.78, 5) is 23.6. The van der Waals surface area contributed by atoms with Crippen molar-refractivity contribution in [3.05, 3.63) is 52.8 Å². The molecule has 0 aliphatic rings. The first kappa shape index (κ1) is 14.8. The van der Waals surface area contributed by atoms with Crippen molar-refractivity contribution in [3.63, 3.8) is 0 Å². The minimum atomic E-state index is -0.350. The Labute approximate surface area is 123 Å². The van der Waals surface area contributed by atoms with Crippen molar-refractivity contribution in [2.75, 3.05) is 0 Å². The Kier molecular flexibility index (Phi) is 4.37. The molecular weight excluding hydrogens is 268 g/mol. The number of hydrogen-bond acceptors (Lipinski definition) is 3. The predicted molar refractivity (Wildman–Crippen MR) is 78.5 cm³/mol. The van der Waals surface area contributed by atoms with Gasteiger partial charge in [-0.25, -0.2) is 0 Å². The number of aryl methyl sites for hydroxylation is 3. The third kappa shape index (κ3) is 3.92. The molecule has 2 aromatic rings. The Morgan fingerprint density at radius 1 is 1.10 bits per heavy atom.